The van der Waals surface area contributed by atoms with Gasteiger partial charge in [0.1, 0.15) is 0 Å². The Labute approximate surface area is 137 Å². The topological polar surface area (TPSA) is 69.7 Å². The summed E-state index contributed by atoms with van der Waals surface area (Å²) in [5, 5.41) is 2.58. The van der Waals surface area contributed by atoms with Crippen molar-refractivity contribution >= 4 is 23.4 Å². The number of benzene rings is 1. The number of nitrogens with one attached hydrogen (secondary N) is 1. The summed E-state index contributed by atoms with van der Waals surface area (Å²) in [5.74, 6) is -1.19. The number of likely N-dealkylation sites (N-methyl/N-ethyl adjacent to an activating group) is 2. The number of carbonyl (C=O) groups is 3. The quantitative estimate of drug-likeness (QED) is 0.808. The second-order valence-electron chi connectivity index (χ2n) is 5.70. The Morgan fingerprint density at radius 3 is 2.17 bits per heavy atom. The molecule has 0 saturated carbocycles. The monoisotopic (exact) mass is 319 g/mol. The molecule has 0 aliphatic carbocycles. The molecule has 0 aromatic heterocycles. The fourth-order valence-electron chi connectivity index (χ4n) is 1.89. The molecule has 0 spiro atoms. The van der Waals surface area contributed by atoms with Crippen molar-refractivity contribution in [1.82, 2.24) is 9.80 Å². The molecular weight excluding hydrogens is 294 g/mol. The third-order valence-corrected chi connectivity index (χ3v) is 3.45. The van der Waals surface area contributed by atoms with Crippen LogP contribution in [0.25, 0.3) is 0 Å². The van der Waals surface area contributed by atoms with Crippen LogP contribution in [0.4, 0.5) is 5.69 Å². The van der Waals surface area contributed by atoms with Crippen LogP contribution < -0.4 is 5.32 Å². The number of amides is 3. The number of nitrogens with zero attached hydrogens (tertiary/aromatic N) is 2. The largest absolute Gasteiger partial charge is 0.349 e. The predicted molar refractivity (Wildman–Crippen MR) is 90.0 cm³/mol. The minimum atomic E-state index is -0.652. The predicted octanol–water partition coefficient (Wildman–Crippen LogP) is 1.51. The first-order chi connectivity index (χ1) is 10.8. The molecule has 126 valence electrons. The highest BCUT2D eigenvalue weighted by molar-refractivity contribution is 6.39. The zero-order valence-corrected chi connectivity index (χ0v) is 14.3. The minimum Gasteiger partial charge on any atom is -0.349 e. The van der Waals surface area contributed by atoms with Gasteiger partial charge in [0.25, 0.3) is 0 Å². The second kappa shape index (κ2) is 8.92. The van der Waals surface area contributed by atoms with E-state index < -0.39 is 11.8 Å². The fraction of sp³-hybridized carbons (Fsp3) is 0.471. The van der Waals surface area contributed by atoms with Crippen LogP contribution in [-0.4, -0.2) is 55.2 Å². The van der Waals surface area contributed by atoms with Gasteiger partial charge in [0.15, 0.2) is 0 Å². The Morgan fingerprint density at radius 2 is 1.65 bits per heavy atom. The van der Waals surface area contributed by atoms with Crippen LogP contribution in [0.15, 0.2) is 24.3 Å². The van der Waals surface area contributed by atoms with Gasteiger partial charge in [-0.15, -0.1) is 0 Å². The SMILES string of the molecule is CCCCN(C)C(=O)C(=O)Nc1ccc(CC(=O)N(C)C)cc1. The van der Waals surface area contributed by atoms with Gasteiger partial charge in [0, 0.05) is 33.4 Å². The highest BCUT2D eigenvalue weighted by Gasteiger charge is 2.18. The van der Waals surface area contributed by atoms with E-state index in [1.54, 1.807) is 45.4 Å². The van der Waals surface area contributed by atoms with Gasteiger partial charge in [0.05, 0.1) is 6.42 Å². The van der Waals surface area contributed by atoms with Gasteiger partial charge in [0.2, 0.25) is 5.91 Å². The molecule has 1 rings (SSSR count). The van der Waals surface area contributed by atoms with E-state index in [-0.39, 0.29) is 5.91 Å². The lowest BCUT2D eigenvalue weighted by Gasteiger charge is -2.16. The van der Waals surface area contributed by atoms with Crippen molar-refractivity contribution in [3.8, 4) is 0 Å². The number of hydrogen-bond acceptors (Lipinski definition) is 3. The second-order valence-corrected chi connectivity index (χ2v) is 5.70. The maximum atomic E-state index is 11.9. The molecule has 0 saturated heterocycles. The van der Waals surface area contributed by atoms with Crippen LogP contribution in [0.2, 0.25) is 0 Å². The van der Waals surface area contributed by atoms with Gasteiger partial charge in [-0.1, -0.05) is 25.5 Å². The first-order valence-electron chi connectivity index (χ1n) is 7.70. The van der Waals surface area contributed by atoms with E-state index in [2.05, 4.69) is 5.32 Å². The zero-order chi connectivity index (χ0) is 17.4. The number of carbonyl (C=O) groups excluding carboxylic acids is 3. The standard InChI is InChI=1S/C17H25N3O3/c1-5-6-11-20(4)17(23)16(22)18-14-9-7-13(8-10-14)12-15(21)19(2)3/h7-10H,5-6,11-12H2,1-4H3,(H,18,22). The first kappa shape index (κ1) is 18.7. The summed E-state index contributed by atoms with van der Waals surface area (Å²) in [4.78, 5) is 38.4. The maximum absolute atomic E-state index is 11.9. The smallest absolute Gasteiger partial charge is 0.313 e. The van der Waals surface area contributed by atoms with Crippen molar-refractivity contribution in [1.29, 1.82) is 0 Å². The third-order valence-electron chi connectivity index (χ3n) is 3.45. The number of hydrogen-bond donors (Lipinski definition) is 1. The van der Waals surface area contributed by atoms with E-state index in [0.29, 0.717) is 18.7 Å². The molecule has 0 atom stereocenters. The van der Waals surface area contributed by atoms with Crippen LogP contribution in [0, 0.1) is 0 Å². The summed E-state index contributed by atoms with van der Waals surface area (Å²) in [6.07, 6.45) is 2.14. The van der Waals surface area contributed by atoms with E-state index in [0.717, 1.165) is 18.4 Å². The molecule has 6 heteroatoms. The molecule has 0 heterocycles. The number of rotatable bonds is 6. The Morgan fingerprint density at radius 1 is 1.04 bits per heavy atom. The molecule has 0 unspecified atom stereocenters. The lowest BCUT2D eigenvalue weighted by molar-refractivity contribution is -0.142. The van der Waals surface area contributed by atoms with Gasteiger partial charge in [-0.05, 0) is 24.1 Å². The van der Waals surface area contributed by atoms with Crippen LogP contribution in [-0.2, 0) is 20.8 Å². The van der Waals surface area contributed by atoms with E-state index in [1.165, 1.54) is 9.80 Å². The van der Waals surface area contributed by atoms with Crippen molar-refractivity contribution in [3.63, 3.8) is 0 Å². The number of unbranched alkanes of at least 4 members (excludes halogenated alkanes) is 1. The van der Waals surface area contributed by atoms with Crippen LogP contribution in [0.1, 0.15) is 25.3 Å². The Hall–Kier alpha value is -2.37. The molecule has 1 aromatic rings. The van der Waals surface area contributed by atoms with Crippen molar-refractivity contribution < 1.29 is 14.4 Å². The normalized spacial score (nSPS) is 10.1. The maximum Gasteiger partial charge on any atom is 0.313 e. The van der Waals surface area contributed by atoms with E-state index >= 15 is 0 Å². The van der Waals surface area contributed by atoms with E-state index in [1.807, 2.05) is 6.92 Å². The first-order valence-corrected chi connectivity index (χ1v) is 7.70. The molecule has 0 aliphatic rings. The Bertz CT molecular complexity index is 553. The Kier molecular flexibility index (Phi) is 7.25. The fourth-order valence-corrected chi connectivity index (χ4v) is 1.89. The van der Waals surface area contributed by atoms with Crippen molar-refractivity contribution in [2.24, 2.45) is 0 Å². The molecular formula is C17H25N3O3. The molecule has 23 heavy (non-hydrogen) atoms. The molecule has 3 amide bonds. The van der Waals surface area contributed by atoms with Gasteiger partial charge < -0.3 is 15.1 Å². The van der Waals surface area contributed by atoms with Crippen LogP contribution >= 0.6 is 0 Å². The third kappa shape index (κ3) is 6.10. The van der Waals surface area contributed by atoms with Crippen LogP contribution in [0.5, 0.6) is 0 Å². The van der Waals surface area contributed by atoms with E-state index in [9.17, 15) is 14.4 Å². The summed E-state index contributed by atoms with van der Waals surface area (Å²) < 4.78 is 0. The van der Waals surface area contributed by atoms with Gasteiger partial charge >= 0.3 is 11.8 Å². The molecule has 0 aliphatic heterocycles. The lowest BCUT2D eigenvalue weighted by atomic mass is 10.1. The highest BCUT2D eigenvalue weighted by atomic mass is 16.2. The number of anilines is 1. The van der Waals surface area contributed by atoms with Gasteiger partial charge in [-0.3, -0.25) is 14.4 Å². The molecule has 1 aromatic carbocycles. The van der Waals surface area contributed by atoms with Crippen LogP contribution in [0.3, 0.4) is 0 Å². The van der Waals surface area contributed by atoms with Gasteiger partial charge in [-0.2, -0.15) is 0 Å². The summed E-state index contributed by atoms with van der Waals surface area (Å²) >= 11 is 0. The summed E-state index contributed by atoms with van der Waals surface area (Å²) in [6.45, 7) is 2.59. The summed E-state index contributed by atoms with van der Waals surface area (Å²) in [6, 6.07) is 6.91. The average Bonchev–Trinajstić information content (AvgIpc) is 2.53. The van der Waals surface area contributed by atoms with E-state index in [4.69, 9.17) is 0 Å². The lowest BCUT2D eigenvalue weighted by Crippen LogP contribution is -2.37. The highest BCUT2D eigenvalue weighted by Crippen LogP contribution is 2.11. The molecule has 0 fully saturated rings. The summed E-state index contributed by atoms with van der Waals surface area (Å²) in [5.41, 5.74) is 1.39. The molecule has 6 nitrogen and oxygen atoms in total. The van der Waals surface area contributed by atoms with Gasteiger partial charge in [-0.25, -0.2) is 0 Å². The Balaban J connectivity index is 2.59. The molecule has 0 radical (unpaired) electrons. The average molecular weight is 319 g/mol. The summed E-state index contributed by atoms with van der Waals surface area (Å²) in [7, 11) is 5.03. The zero-order valence-electron chi connectivity index (χ0n) is 14.3. The minimum absolute atomic E-state index is 0.00881. The molecule has 0 bridgehead atoms. The molecule has 1 N–H and O–H groups in total. The van der Waals surface area contributed by atoms with Crippen molar-refractivity contribution in [2.45, 2.75) is 26.2 Å². The van der Waals surface area contributed by atoms with Crippen molar-refractivity contribution in [3.05, 3.63) is 29.8 Å². The van der Waals surface area contributed by atoms with Crippen molar-refractivity contribution in [2.75, 3.05) is 33.0 Å².